The zero-order chi connectivity index (χ0) is 24.2. The Morgan fingerprint density at radius 2 is 1.82 bits per heavy atom. The molecule has 8 heteroatoms. The van der Waals surface area contributed by atoms with Crippen molar-refractivity contribution < 1.29 is 23.9 Å². The van der Waals surface area contributed by atoms with Crippen LogP contribution in [0.3, 0.4) is 0 Å². The molecule has 0 aromatic heterocycles. The highest BCUT2D eigenvalue weighted by atomic mass is 16.5. The van der Waals surface area contributed by atoms with Gasteiger partial charge in [0.05, 0.1) is 24.1 Å². The number of hydrogen-bond donors (Lipinski definition) is 2. The van der Waals surface area contributed by atoms with Crippen LogP contribution in [-0.2, 0) is 14.3 Å². The molecule has 1 fully saturated rings. The topological polar surface area (TPSA) is 97.0 Å². The smallest absolute Gasteiger partial charge is 0.257 e. The molecule has 1 saturated heterocycles. The van der Waals surface area contributed by atoms with Gasteiger partial charge in [0, 0.05) is 24.3 Å². The van der Waals surface area contributed by atoms with Gasteiger partial charge in [-0.15, -0.1) is 0 Å². The average molecular weight is 466 g/mol. The minimum Gasteiger partial charge on any atom is -0.490 e. The van der Waals surface area contributed by atoms with Gasteiger partial charge in [-0.25, -0.2) is 0 Å². The highest BCUT2D eigenvalue weighted by Crippen LogP contribution is 2.32. The maximum atomic E-state index is 13.3. The van der Waals surface area contributed by atoms with Crippen LogP contribution < -0.4 is 15.4 Å². The zero-order valence-electron chi connectivity index (χ0n) is 19.7. The van der Waals surface area contributed by atoms with Crippen LogP contribution in [0.15, 0.2) is 48.5 Å². The molecule has 2 heterocycles. The summed E-state index contributed by atoms with van der Waals surface area (Å²) in [4.78, 5) is 39.5. The number of rotatable bonds is 5. The van der Waals surface area contributed by atoms with Gasteiger partial charge in [0.2, 0.25) is 11.8 Å². The third kappa shape index (κ3) is 5.39. The van der Waals surface area contributed by atoms with Crippen LogP contribution >= 0.6 is 0 Å². The van der Waals surface area contributed by atoms with Crippen molar-refractivity contribution in [1.29, 1.82) is 0 Å². The molecule has 2 aliphatic heterocycles. The van der Waals surface area contributed by atoms with Crippen molar-refractivity contribution in [2.45, 2.75) is 51.4 Å². The number of anilines is 2. The number of para-hydroxylation sites is 1. The summed E-state index contributed by atoms with van der Waals surface area (Å²) in [5.74, 6) is -0.123. The summed E-state index contributed by atoms with van der Waals surface area (Å²) in [6.45, 7) is 3.89. The summed E-state index contributed by atoms with van der Waals surface area (Å²) in [5, 5.41) is 5.73. The predicted molar refractivity (Wildman–Crippen MR) is 129 cm³/mol. The maximum Gasteiger partial charge on any atom is 0.257 e. The molecule has 2 aromatic carbocycles. The van der Waals surface area contributed by atoms with Gasteiger partial charge in [-0.3, -0.25) is 14.4 Å². The minimum absolute atomic E-state index is 0.104. The number of likely N-dealkylation sites (N-methyl/N-ethyl adjacent to an activating group) is 1. The van der Waals surface area contributed by atoms with E-state index in [-0.39, 0.29) is 54.9 Å². The monoisotopic (exact) mass is 465 g/mol. The number of carbonyl (C=O) groups is 3. The molecule has 2 aliphatic rings. The van der Waals surface area contributed by atoms with Gasteiger partial charge < -0.3 is 25.0 Å². The number of nitrogens with one attached hydrogen (secondary N) is 2. The number of hydrogen-bond acceptors (Lipinski definition) is 5. The first-order valence-corrected chi connectivity index (χ1v) is 11.7. The van der Waals surface area contributed by atoms with Gasteiger partial charge in [0.25, 0.3) is 5.91 Å². The second kappa shape index (κ2) is 10.3. The third-order valence-electron chi connectivity index (χ3n) is 6.27. The molecule has 8 nitrogen and oxygen atoms in total. The molecule has 34 heavy (non-hydrogen) atoms. The highest BCUT2D eigenvalue weighted by Gasteiger charge is 2.39. The fourth-order valence-electron chi connectivity index (χ4n) is 4.33. The molecule has 2 aromatic rings. The van der Waals surface area contributed by atoms with Crippen LogP contribution in [0.1, 0.15) is 43.5 Å². The van der Waals surface area contributed by atoms with E-state index in [0.717, 1.165) is 5.69 Å². The molecule has 0 aliphatic carbocycles. The Morgan fingerprint density at radius 3 is 2.56 bits per heavy atom. The van der Waals surface area contributed by atoms with Gasteiger partial charge in [-0.2, -0.15) is 0 Å². The molecular formula is C26H31N3O5. The molecular weight excluding hydrogens is 434 g/mol. The molecule has 0 radical (unpaired) electrons. The van der Waals surface area contributed by atoms with Crippen LogP contribution in [0.5, 0.6) is 5.75 Å². The van der Waals surface area contributed by atoms with Gasteiger partial charge in [-0.05, 0) is 43.2 Å². The van der Waals surface area contributed by atoms with Crippen molar-refractivity contribution in [3.8, 4) is 5.75 Å². The van der Waals surface area contributed by atoms with Gasteiger partial charge in [-0.1, -0.05) is 32.0 Å². The fraction of sp³-hybridized carbons (Fsp3) is 0.423. The molecule has 2 N–H and O–H groups in total. The van der Waals surface area contributed by atoms with Crippen molar-refractivity contribution >= 4 is 29.1 Å². The van der Waals surface area contributed by atoms with Gasteiger partial charge in [0.1, 0.15) is 18.5 Å². The first-order chi connectivity index (χ1) is 16.3. The van der Waals surface area contributed by atoms with E-state index in [4.69, 9.17) is 9.47 Å². The molecule has 3 amide bonds. The molecule has 0 saturated carbocycles. The van der Waals surface area contributed by atoms with E-state index in [0.29, 0.717) is 29.8 Å². The van der Waals surface area contributed by atoms with Crippen LogP contribution in [0, 0.1) is 5.92 Å². The number of nitrogens with zero attached hydrogens (tertiary/aromatic N) is 1. The fourth-order valence-corrected chi connectivity index (χ4v) is 4.33. The Hall–Kier alpha value is -3.39. The number of fused-ring (bicyclic) bond motifs is 2. The Balaban J connectivity index is 1.43. The number of ether oxygens (including phenoxy) is 2. The lowest BCUT2D eigenvalue weighted by molar-refractivity contribution is -0.130. The largest absolute Gasteiger partial charge is 0.490 e. The summed E-state index contributed by atoms with van der Waals surface area (Å²) in [6, 6.07) is 14.2. The lowest BCUT2D eigenvalue weighted by Crippen LogP contribution is -2.53. The van der Waals surface area contributed by atoms with E-state index in [9.17, 15) is 14.4 Å². The second-order valence-corrected chi connectivity index (χ2v) is 9.14. The second-order valence-electron chi connectivity index (χ2n) is 9.14. The molecule has 0 spiro atoms. The molecule has 0 bridgehead atoms. The molecule has 4 rings (SSSR count). The van der Waals surface area contributed by atoms with Crippen LogP contribution in [0.25, 0.3) is 0 Å². The number of amides is 3. The van der Waals surface area contributed by atoms with Crippen LogP contribution in [0.2, 0.25) is 0 Å². The van der Waals surface area contributed by atoms with Crippen LogP contribution in [-0.4, -0.2) is 54.5 Å². The third-order valence-corrected chi connectivity index (χ3v) is 6.27. The summed E-state index contributed by atoms with van der Waals surface area (Å²) >= 11 is 0. The Labute approximate surface area is 199 Å². The summed E-state index contributed by atoms with van der Waals surface area (Å²) in [5.41, 5.74) is 1.72. The normalized spacial score (nSPS) is 22.1. The van der Waals surface area contributed by atoms with Crippen molar-refractivity contribution in [2.24, 2.45) is 5.92 Å². The highest BCUT2D eigenvalue weighted by molar-refractivity contribution is 6.00. The minimum atomic E-state index is -0.342. The lowest BCUT2D eigenvalue weighted by Gasteiger charge is -2.42. The van der Waals surface area contributed by atoms with E-state index in [1.807, 2.05) is 44.2 Å². The summed E-state index contributed by atoms with van der Waals surface area (Å²) in [7, 11) is 1.76. The predicted octanol–water partition coefficient (Wildman–Crippen LogP) is 3.69. The number of carbonyl (C=O) groups excluding carboxylic acids is 3. The standard InChI is InChI=1S/C26H31N3O5/c1-16(2)25(31)28-18-9-12-22-20(13-18)26(32)29(3)21-11-10-19(34-23(21)15-33-22)14-24(30)27-17-7-5-4-6-8-17/h4-9,12-13,16,19,21,23H,10-11,14-15H2,1-3H3,(H,27,30)(H,28,31)/t19-,21-,23-/m0/s1. The summed E-state index contributed by atoms with van der Waals surface area (Å²) < 4.78 is 12.2. The lowest BCUT2D eigenvalue weighted by atomic mass is 9.94. The van der Waals surface area contributed by atoms with Crippen molar-refractivity contribution in [3.63, 3.8) is 0 Å². The molecule has 3 atom stereocenters. The first-order valence-electron chi connectivity index (χ1n) is 11.7. The molecule has 180 valence electrons. The summed E-state index contributed by atoms with van der Waals surface area (Å²) in [6.07, 6.45) is 1.03. The van der Waals surface area contributed by atoms with Crippen molar-refractivity contribution in [1.82, 2.24) is 4.90 Å². The van der Waals surface area contributed by atoms with E-state index in [2.05, 4.69) is 10.6 Å². The quantitative estimate of drug-likeness (QED) is 0.702. The maximum absolute atomic E-state index is 13.3. The Bertz CT molecular complexity index is 1060. The van der Waals surface area contributed by atoms with Gasteiger partial charge >= 0.3 is 0 Å². The van der Waals surface area contributed by atoms with Gasteiger partial charge in [0.15, 0.2) is 0 Å². The molecule has 0 unspecified atom stereocenters. The average Bonchev–Trinajstić information content (AvgIpc) is 2.82. The SMILES string of the molecule is CC(C)C(=O)Nc1ccc2c(c1)C(=O)N(C)[C@H]1CC[C@@H](CC(=O)Nc3ccccc3)O[C@H]1CO2. The van der Waals surface area contributed by atoms with Crippen LogP contribution in [0.4, 0.5) is 11.4 Å². The van der Waals surface area contributed by atoms with Crippen molar-refractivity contribution in [3.05, 3.63) is 54.1 Å². The van der Waals surface area contributed by atoms with E-state index >= 15 is 0 Å². The van der Waals surface area contributed by atoms with Crippen molar-refractivity contribution in [2.75, 3.05) is 24.3 Å². The Morgan fingerprint density at radius 1 is 1.06 bits per heavy atom. The van der Waals surface area contributed by atoms with E-state index in [1.54, 1.807) is 30.1 Å². The number of benzene rings is 2. The first kappa shape index (κ1) is 23.8. The van der Waals surface area contributed by atoms with E-state index < -0.39 is 0 Å². The Kier molecular flexibility index (Phi) is 7.17. The van der Waals surface area contributed by atoms with E-state index in [1.165, 1.54) is 0 Å². The zero-order valence-corrected chi connectivity index (χ0v) is 19.7.